The molecular weight excluding hydrogens is 198 g/mol. The smallest absolute Gasteiger partial charge is 0.0728 e. The molecule has 1 rings (SSSR count). The Hall–Kier alpha value is -0.990. The third-order valence-electron chi connectivity index (χ3n) is 2.78. The Labute approximate surface area is 99.2 Å². The van der Waals surface area contributed by atoms with E-state index < -0.39 is 0 Å². The number of nitrogens with zero attached hydrogens (tertiary/aromatic N) is 2. The first-order valence-electron chi connectivity index (χ1n) is 6.48. The van der Waals surface area contributed by atoms with Crippen molar-refractivity contribution in [1.82, 2.24) is 9.78 Å². The fourth-order valence-electron chi connectivity index (χ4n) is 1.92. The van der Waals surface area contributed by atoms with Gasteiger partial charge >= 0.3 is 0 Å². The Balaban J connectivity index is 2.55. The van der Waals surface area contributed by atoms with Crippen molar-refractivity contribution in [3.8, 4) is 0 Å². The summed E-state index contributed by atoms with van der Waals surface area (Å²) in [7, 11) is 0. The van der Waals surface area contributed by atoms with Crippen LogP contribution in [0.2, 0.25) is 0 Å². The molecule has 0 spiro atoms. The number of aromatic nitrogens is 2. The van der Waals surface area contributed by atoms with Crippen LogP contribution in [0.25, 0.3) is 0 Å². The second-order valence-corrected chi connectivity index (χ2v) is 4.72. The molecule has 0 aromatic carbocycles. The van der Waals surface area contributed by atoms with E-state index >= 15 is 0 Å². The van der Waals surface area contributed by atoms with Crippen LogP contribution in [-0.2, 0) is 0 Å². The summed E-state index contributed by atoms with van der Waals surface area (Å²) in [5.74, 6) is 0. The predicted octanol–water partition coefficient (Wildman–Crippen LogP) is 3.84. The highest BCUT2D eigenvalue weighted by Gasteiger charge is 2.08. The molecule has 92 valence electrons. The van der Waals surface area contributed by atoms with Crippen molar-refractivity contribution < 1.29 is 0 Å². The van der Waals surface area contributed by atoms with E-state index in [-0.39, 0.29) is 0 Å². The normalized spacial score (nSPS) is 11.4. The number of hydrogen-bond acceptors (Lipinski definition) is 2. The van der Waals surface area contributed by atoms with Gasteiger partial charge in [0.05, 0.1) is 11.9 Å². The Morgan fingerprint density at radius 1 is 1.25 bits per heavy atom. The molecule has 1 heterocycles. The highest BCUT2D eigenvalue weighted by molar-refractivity contribution is 5.39. The molecule has 1 N–H and O–H groups in total. The van der Waals surface area contributed by atoms with Gasteiger partial charge < -0.3 is 5.32 Å². The monoisotopic (exact) mass is 223 g/mol. The summed E-state index contributed by atoms with van der Waals surface area (Å²) in [6.07, 6.45) is 8.97. The summed E-state index contributed by atoms with van der Waals surface area (Å²) in [6, 6.07) is 1.03. The van der Waals surface area contributed by atoms with Crippen LogP contribution < -0.4 is 5.32 Å². The minimum atomic E-state index is 0.436. The van der Waals surface area contributed by atoms with Crippen molar-refractivity contribution in [2.75, 3.05) is 5.32 Å². The molecule has 0 aliphatic heterocycles. The molecule has 3 heteroatoms. The zero-order valence-electron chi connectivity index (χ0n) is 11.0. The van der Waals surface area contributed by atoms with Crippen LogP contribution in [0.3, 0.4) is 0 Å². The fourth-order valence-corrected chi connectivity index (χ4v) is 1.92. The van der Waals surface area contributed by atoms with Crippen LogP contribution in [0.1, 0.15) is 59.4 Å². The molecule has 0 aliphatic carbocycles. The van der Waals surface area contributed by atoms with Gasteiger partial charge in [-0.3, -0.25) is 4.68 Å². The van der Waals surface area contributed by atoms with E-state index in [1.807, 2.05) is 10.9 Å². The lowest BCUT2D eigenvalue weighted by Gasteiger charge is -2.17. The van der Waals surface area contributed by atoms with E-state index in [1.54, 1.807) is 0 Å². The van der Waals surface area contributed by atoms with Crippen LogP contribution in [0.5, 0.6) is 0 Å². The van der Waals surface area contributed by atoms with Gasteiger partial charge in [0.2, 0.25) is 0 Å². The molecule has 16 heavy (non-hydrogen) atoms. The van der Waals surface area contributed by atoms with Crippen LogP contribution in [-0.4, -0.2) is 15.8 Å². The van der Waals surface area contributed by atoms with Gasteiger partial charge in [0.15, 0.2) is 0 Å². The molecule has 0 saturated carbocycles. The molecule has 0 fully saturated rings. The average Bonchev–Trinajstić information content (AvgIpc) is 2.67. The Bertz CT molecular complexity index is 285. The van der Waals surface area contributed by atoms with Crippen LogP contribution in [0, 0.1) is 0 Å². The lowest BCUT2D eigenvalue weighted by Crippen LogP contribution is -2.18. The third kappa shape index (κ3) is 3.87. The Morgan fingerprint density at radius 3 is 2.31 bits per heavy atom. The van der Waals surface area contributed by atoms with Crippen LogP contribution >= 0.6 is 0 Å². The molecule has 0 radical (unpaired) electrons. The number of hydrogen-bond donors (Lipinski definition) is 1. The number of rotatable bonds is 7. The van der Waals surface area contributed by atoms with Crippen molar-refractivity contribution >= 4 is 5.69 Å². The van der Waals surface area contributed by atoms with Gasteiger partial charge in [-0.25, -0.2) is 0 Å². The van der Waals surface area contributed by atoms with Gasteiger partial charge in [0.1, 0.15) is 0 Å². The Morgan fingerprint density at radius 2 is 1.88 bits per heavy atom. The Kier molecular flexibility index (Phi) is 5.36. The van der Waals surface area contributed by atoms with Gasteiger partial charge in [-0.05, 0) is 26.7 Å². The molecule has 1 aromatic heterocycles. The van der Waals surface area contributed by atoms with Crippen molar-refractivity contribution in [3.05, 3.63) is 12.4 Å². The quantitative estimate of drug-likeness (QED) is 0.761. The standard InChI is InChI=1S/C13H25N3/c1-5-7-12(8-6-2)15-13-9-14-16(10-13)11(3)4/h9-12,15H,5-8H2,1-4H3. The molecule has 3 nitrogen and oxygen atoms in total. The predicted molar refractivity (Wildman–Crippen MR) is 69.8 cm³/mol. The molecule has 0 saturated heterocycles. The topological polar surface area (TPSA) is 29.9 Å². The van der Waals surface area contributed by atoms with Gasteiger partial charge in [-0.1, -0.05) is 26.7 Å². The van der Waals surface area contributed by atoms with Gasteiger partial charge in [-0.15, -0.1) is 0 Å². The molecule has 1 aromatic rings. The average molecular weight is 223 g/mol. The minimum absolute atomic E-state index is 0.436. The minimum Gasteiger partial charge on any atom is -0.380 e. The third-order valence-corrected chi connectivity index (χ3v) is 2.78. The second kappa shape index (κ2) is 6.56. The van der Waals surface area contributed by atoms with E-state index in [9.17, 15) is 0 Å². The lowest BCUT2D eigenvalue weighted by atomic mass is 10.1. The van der Waals surface area contributed by atoms with Gasteiger partial charge in [0, 0.05) is 18.3 Å². The van der Waals surface area contributed by atoms with Crippen molar-refractivity contribution in [2.45, 2.75) is 65.5 Å². The maximum absolute atomic E-state index is 4.34. The largest absolute Gasteiger partial charge is 0.380 e. The molecular formula is C13H25N3. The summed E-state index contributed by atoms with van der Waals surface area (Å²) in [6.45, 7) is 8.77. The van der Waals surface area contributed by atoms with E-state index in [0.29, 0.717) is 12.1 Å². The van der Waals surface area contributed by atoms with Crippen molar-refractivity contribution in [2.24, 2.45) is 0 Å². The highest BCUT2D eigenvalue weighted by Crippen LogP contribution is 2.15. The molecule has 0 amide bonds. The van der Waals surface area contributed by atoms with Crippen LogP contribution in [0.4, 0.5) is 5.69 Å². The lowest BCUT2D eigenvalue weighted by molar-refractivity contribution is 0.532. The summed E-state index contributed by atoms with van der Waals surface area (Å²) >= 11 is 0. The molecule has 0 atom stereocenters. The first-order chi connectivity index (χ1) is 7.67. The zero-order chi connectivity index (χ0) is 12.0. The van der Waals surface area contributed by atoms with Crippen molar-refractivity contribution in [1.29, 1.82) is 0 Å². The second-order valence-electron chi connectivity index (χ2n) is 4.72. The molecule has 0 unspecified atom stereocenters. The van der Waals surface area contributed by atoms with E-state index in [1.165, 1.54) is 25.7 Å². The fraction of sp³-hybridized carbons (Fsp3) is 0.769. The number of nitrogens with one attached hydrogen (secondary N) is 1. The first kappa shape index (κ1) is 13.1. The van der Waals surface area contributed by atoms with Crippen molar-refractivity contribution in [3.63, 3.8) is 0 Å². The summed E-state index contributed by atoms with van der Waals surface area (Å²) in [5.41, 5.74) is 1.15. The SMILES string of the molecule is CCCC(CCC)Nc1cnn(C(C)C)c1. The van der Waals surface area contributed by atoms with Gasteiger partial charge in [-0.2, -0.15) is 5.10 Å². The number of anilines is 1. The maximum Gasteiger partial charge on any atom is 0.0728 e. The summed E-state index contributed by atoms with van der Waals surface area (Å²) in [4.78, 5) is 0. The van der Waals surface area contributed by atoms with E-state index in [4.69, 9.17) is 0 Å². The van der Waals surface area contributed by atoms with Gasteiger partial charge in [0.25, 0.3) is 0 Å². The van der Waals surface area contributed by atoms with E-state index in [2.05, 4.69) is 44.3 Å². The molecule has 0 bridgehead atoms. The van der Waals surface area contributed by atoms with E-state index in [0.717, 1.165) is 5.69 Å². The molecule has 0 aliphatic rings. The summed E-state index contributed by atoms with van der Waals surface area (Å²) < 4.78 is 2.00. The summed E-state index contributed by atoms with van der Waals surface area (Å²) in [5, 5.41) is 7.92. The maximum atomic E-state index is 4.34. The highest BCUT2D eigenvalue weighted by atomic mass is 15.3. The first-order valence-corrected chi connectivity index (χ1v) is 6.48. The van der Waals surface area contributed by atoms with Crippen LogP contribution in [0.15, 0.2) is 12.4 Å². The zero-order valence-corrected chi connectivity index (χ0v) is 11.0.